The number of nitrogens with two attached hydrogens (primary N) is 1. The quantitative estimate of drug-likeness (QED) is 0.723. The molecule has 1 heterocycles. The van der Waals surface area contributed by atoms with E-state index in [1.807, 2.05) is 0 Å². The maximum absolute atomic E-state index is 13.3. The summed E-state index contributed by atoms with van der Waals surface area (Å²) in [5.74, 6) is -0.319. The van der Waals surface area contributed by atoms with Crippen LogP contribution in [0.4, 0.5) is 10.1 Å². The van der Waals surface area contributed by atoms with Crippen LogP contribution in [0, 0.1) is 5.82 Å². The second-order valence-electron chi connectivity index (χ2n) is 2.94. The number of halogens is 1. The van der Waals surface area contributed by atoms with Gasteiger partial charge in [-0.2, -0.15) is 5.10 Å². The van der Waals surface area contributed by atoms with Gasteiger partial charge in [-0.05, 0) is 12.1 Å². The Morgan fingerprint density at radius 1 is 1.43 bits per heavy atom. The third-order valence-corrected chi connectivity index (χ3v) is 1.88. The largest absolute Gasteiger partial charge is 0.399 e. The summed E-state index contributed by atoms with van der Waals surface area (Å²) in [4.78, 5) is 3.77. The number of hydrogen-bond acceptors (Lipinski definition) is 3. The van der Waals surface area contributed by atoms with Crippen LogP contribution in [0.15, 0.2) is 30.9 Å². The zero-order valence-electron chi connectivity index (χ0n) is 7.39. The predicted molar refractivity (Wildman–Crippen MR) is 49.9 cm³/mol. The van der Waals surface area contributed by atoms with E-state index in [4.69, 9.17) is 5.73 Å². The zero-order chi connectivity index (χ0) is 9.97. The van der Waals surface area contributed by atoms with Gasteiger partial charge in [0.05, 0.1) is 6.54 Å². The summed E-state index contributed by atoms with van der Waals surface area (Å²) in [6, 6.07) is 4.61. The Kier molecular flexibility index (Phi) is 2.14. The van der Waals surface area contributed by atoms with Gasteiger partial charge in [0.25, 0.3) is 0 Å². The summed E-state index contributed by atoms with van der Waals surface area (Å²) >= 11 is 0. The second-order valence-corrected chi connectivity index (χ2v) is 2.94. The third-order valence-electron chi connectivity index (χ3n) is 1.88. The van der Waals surface area contributed by atoms with Gasteiger partial charge in [-0.3, -0.25) is 0 Å². The highest BCUT2D eigenvalue weighted by molar-refractivity contribution is 5.40. The number of benzene rings is 1. The molecule has 5 heteroatoms. The van der Waals surface area contributed by atoms with E-state index in [0.717, 1.165) is 0 Å². The van der Waals surface area contributed by atoms with Gasteiger partial charge in [0.15, 0.2) is 0 Å². The molecule has 0 aliphatic carbocycles. The Labute approximate surface area is 80.2 Å². The molecule has 0 aliphatic rings. The first-order valence-electron chi connectivity index (χ1n) is 4.12. The van der Waals surface area contributed by atoms with Gasteiger partial charge >= 0.3 is 0 Å². The molecular weight excluding hydrogens is 183 g/mol. The van der Waals surface area contributed by atoms with Crippen molar-refractivity contribution in [3.63, 3.8) is 0 Å². The Morgan fingerprint density at radius 2 is 2.29 bits per heavy atom. The summed E-state index contributed by atoms with van der Waals surface area (Å²) in [5, 5.41) is 3.88. The molecule has 14 heavy (non-hydrogen) atoms. The Bertz CT molecular complexity index is 424. The van der Waals surface area contributed by atoms with Gasteiger partial charge in [0.2, 0.25) is 0 Å². The standard InChI is InChI=1S/C9H9FN4/c10-9-3-8(11)2-1-7(9)4-14-6-12-5-13-14/h1-3,5-6H,4,11H2. The minimum absolute atomic E-state index is 0.319. The minimum Gasteiger partial charge on any atom is -0.399 e. The lowest BCUT2D eigenvalue weighted by molar-refractivity contribution is 0.585. The van der Waals surface area contributed by atoms with Crippen LogP contribution in [0.1, 0.15) is 5.56 Å². The van der Waals surface area contributed by atoms with Crippen molar-refractivity contribution >= 4 is 5.69 Å². The fraction of sp³-hybridized carbons (Fsp3) is 0.111. The highest BCUT2D eigenvalue weighted by Crippen LogP contribution is 2.12. The van der Waals surface area contributed by atoms with Gasteiger partial charge < -0.3 is 5.73 Å². The average molecular weight is 192 g/mol. The molecule has 0 amide bonds. The molecule has 4 nitrogen and oxygen atoms in total. The van der Waals surface area contributed by atoms with Crippen LogP contribution in [0.2, 0.25) is 0 Å². The molecule has 0 atom stereocenters. The molecule has 0 saturated carbocycles. The molecule has 0 bridgehead atoms. The van der Waals surface area contributed by atoms with Crippen LogP contribution < -0.4 is 5.73 Å². The van der Waals surface area contributed by atoms with Gasteiger partial charge in [0.1, 0.15) is 18.5 Å². The van der Waals surface area contributed by atoms with E-state index in [1.165, 1.54) is 18.7 Å². The van der Waals surface area contributed by atoms with Gasteiger partial charge in [-0.25, -0.2) is 14.1 Å². The zero-order valence-corrected chi connectivity index (χ0v) is 7.39. The first-order valence-corrected chi connectivity index (χ1v) is 4.12. The van der Waals surface area contributed by atoms with E-state index in [-0.39, 0.29) is 5.82 Å². The average Bonchev–Trinajstić information content (AvgIpc) is 2.62. The van der Waals surface area contributed by atoms with E-state index in [9.17, 15) is 4.39 Å². The van der Waals surface area contributed by atoms with E-state index < -0.39 is 0 Å². The lowest BCUT2D eigenvalue weighted by Gasteiger charge is -2.03. The molecule has 0 aliphatic heterocycles. The maximum atomic E-state index is 13.3. The molecule has 0 radical (unpaired) electrons. The van der Waals surface area contributed by atoms with E-state index in [1.54, 1.807) is 16.8 Å². The summed E-state index contributed by atoms with van der Waals surface area (Å²) in [7, 11) is 0. The molecule has 72 valence electrons. The summed E-state index contributed by atoms with van der Waals surface area (Å²) in [6.07, 6.45) is 2.95. The molecule has 1 aromatic heterocycles. The number of nitrogens with zero attached hydrogens (tertiary/aromatic N) is 3. The van der Waals surface area contributed by atoms with E-state index in [2.05, 4.69) is 10.1 Å². The molecule has 0 saturated heterocycles. The van der Waals surface area contributed by atoms with Crippen molar-refractivity contribution in [3.8, 4) is 0 Å². The Morgan fingerprint density at radius 3 is 2.93 bits per heavy atom. The molecule has 2 aromatic rings. The number of anilines is 1. The van der Waals surface area contributed by atoms with Gasteiger partial charge in [-0.15, -0.1) is 0 Å². The second kappa shape index (κ2) is 3.45. The molecule has 2 N–H and O–H groups in total. The van der Waals surface area contributed by atoms with Gasteiger partial charge in [-0.1, -0.05) is 6.07 Å². The van der Waals surface area contributed by atoms with Crippen LogP contribution in [-0.2, 0) is 6.54 Å². The van der Waals surface area contributed by atoms with Crippen molar-refractivity contribution in [2.45, 2.75) is 6.54 Å². The monoisotopic (exact) mass is 192 g/mol. The van der Waals surface area contributed by atoms with Crippen LogP contribution in [0.3, 0.4) is 0 Å². The smallest absolute Gasteiger partial charge is 0.137 e. The van der Waals surface area contributed by atoms with Crippen LogP contribution in [0.5, 0.6) is 0 Å². The fourth-order valence-electron chi connectivity index (χ4n) is 1.18. The number of nitrogen functional groups attached to an aromatic ring is 1. The van der Waals surface area contributed by atoms with Crippen molar-refractivity contribution in [3.05, 3.63) is 42.2 Å². The number of aromatic nitrogens is 3. The van der Waals surface area contributed by atoms with Crippen molar-refractivity contribution in [1.82, 2.24) is 14.8 Å². The van der Waals surface area contributed by atoms with E-state index >= 15 is 0 Å². The predicted octanol–water partition coefficient (Wildman–Crippen LogP) is 1.05. The van der Waals surface area contributed by atoms with Crippen molar-refractivity contribution in [2.75, 3.05) is 5.73 Å². The fourth-order valence-corrected chi connectivity index (χ4v) is 1.18. The Hall–Kier alpha value is -1.91. The first kappa shape index (κ1) is 8.68. The molecule has 0 unspecified atom stereocenters. The van der Waals surface area contributed by atoms with Crippen LogP contribution in [0.25, 0.3) is 0 Å². The lowest BCUT2D eigenvalue weighted by Crippen LogP contribution is -2.02. The number of rotatable bonds is 2. The Balaban J connectivity index is 2.25. The summed E-state index contributed by atoms with van der Waals surface area (Å²) in [6.45, 7) is 0.367. The summed E-state index contributed by atoms with van der Waals surface area (Å²) in [5.41, 5.74) is 6.39. The van der Waals surface area contributed by atoms with Gasteiger partial charge in [0, 0.05) is 11.3 Å². The summed E-state index contributed by atoms with van der Waals surface area (Å²) < 4.78 is 14.9. The SMILES string of the molecule is Nc1ccc(Cn2cncn2)c(F)c1. The topological polar surface area (TPSA) is 56.7 Å². The van der Waals surface area contributed by atoms with Crippen molar-refractivity contribution < 1.29 is 4.39 Å². The minimum atomic E-state index is -0.319. The van der Waals surface area contributed by atoms with E-state index in [0.29, 0.717) is 17.8 Å². The normalized spacial score (nSPS) is 10.4. The first-order chi connectivity index (χ1) is 6.75. The maximum Gasteiger partial charge on any atom is 0.137 e. The lowest BCUT2D eigenvalue weighted by atomic mass is 10.2. The molecular formula is C9H9FN4. The number of hydrogen-bond donors (Lipinski definition) is 1. The third kappa shape index (κ3) is 1.71. The van der Waals surface area contributed by atoms with Crippen molar-refractivity contribution in [1.29, 1.82) is 0 Å². The van der Waals surface area contributed by atoms with Crippen molar-refractivity contribution in [2.24, 2.45) is 0 Å². The molecule has 0 fully saturated rings. The highest BCUT2D eigenvalue weighted by Gasteiger charge is 2.03. The molecule has 2 rings (SSSR count). The molecule has 1 aromatic carbocycles. The van der Waals surface area contributed by atoms with Crippen LogP contribution >= 0.6 is 0 Å². The van der Waals surface area contributed by atoms with Crippen LogP contribution in [-0.4, -0.2) is 14.8 Å². The highest BCUT2D eigenvalue weighted by atomic mass is 19.1. The molecule has 0 spiro atoms.